The highest BCUT2D eigenvalue weighted by atomic mass is 31.2. The maximum absolute atomic E-state index is 13.3. The number of anilines is 2. The van der Waals surface area contributed by atoms with Gasteiger partial charge in [0.2, 0.25) is 0 Å². The molecule has 5 aromatic rings. The molecule has 15 nitrogen and oxygen atoms in total. The fraction of sp³-hybridized carbons (Fsp3) is 0.377. The number of urea groups is 1. The molecule has 5 rings (SSSR count). The SMILES string of the molecule is CC.CCOC(=O)[C@H](C)OP(=O)(CCNCc1ccc(CC)cc1)Oc1ccccc1.COc1ccc(C)cc1.Cc1cc(CN(CC(C)O)C(=O)N(C)Cc2ccc(N)c(C=N)c2)ccc1NN. The van der Waals surface area contributed by atoms with E-state index in [0.717, 1.165) is 40.1 Å². The van der Waals surface area contributed by atoms with E-state index in [1.807, 2.05) is 75.4 Å². The second-order valence-electron chi connectivity index (χ2n) is 15.9. The van der Waals surface area contributed by atoms with E-state index in [0.29, 0.717) is 43.2 Å². The molecule has 2 unspecified atom stereocenters. The molecule has 8 N–H and O–H groups in total. The Morgan fingerprint density at radius 2 is 1.45 bits per heavy atom. The quantitative estimate of drug-likeness (QED) is 0.00771. The summed E-state index contributed by atoms with van der Waals surface area (Å²) < 4.78 is 34.4. The minimum absolute atomic E-state index is 0.124. The number of esters is 1. The summed E-state index contributed by atoms with van der Waals surface area (Å²) in [5.74, 6) is 6.27. The van der Waals surface area contributed by atoms with Gasteiger partial charge in [-0.25, -0.2) is 14.2 Å². The zero-order valence-corrected chi connectivity index (χ0v) is 43.1. The van der Waals surface area contributed by atoms with Gasteiger partial charge in [0.15, 0.2) is 6.10 Å². The fourth-order valence-corrected chi connectivity index (χ4v) is 8.17. The average Bonchev–Trinajstić information content (AvgIpc) is 3.34. The number of ether oxygens (including phenoxy) is 2. The number of carbonyl (C=O) groups excluding carboxylic acids is 2. The number of amides is 2. The first-order valence-electron chi connectivity index (χ1n) is 23.2. The molecule has 0 radical (unpaired) electrons. The third kappa shape index (κ3) is 21.7. The maximum atomic E-state index is 13.3. The lowest BCUT2D eigenvalue weighted by atomic mass is 10.1. The molecule has 0 heterocycles. The minimum atomic E-state index is -3.57. The summed E-state index contributed by atoms with van der Waals surface area (Å²) in [6.45, 7) is 17.2. The molecule has 376 valence electrons. The highest BCUT2D eigenvalue weighted by Gasteiger charge is 2.32. The highest BCUT2D eigenvalue weighted by molar-refractivity contribution is 7.54. The lowest BCUT2D eigenvalue weighted by molar-refractivity contribution is -0.150. The standard InChI is InChI=1S/C22H30NO5P.C21H30N6O2.C8H10O.C2H6/c1-4-19-11-13-20(14-12-19)17-23-15-16-29(25,27-18(3)22(24)26-5-2)28-21-9-7-6-8-10-21;1-14-8-16(5-7-20(14)25-24)13-27(11-15(2)28)21(29)26(3)12-17-4-6-19(23)18(9-17)10-22;1-7-3-5-8(9-2)6-4-7;1-2/h6-14,18,23H,4-5,15-17H2,1-3H3;4-10,15,22,25,28H,11-13,23-24H2,1-3H3;3-6H,1-2H3;1-2H3/t18-,29?;;;/m0.../s1. The normalized spacial score (nSPS) is 12.1. The van der Waals surface area contributed by atoms with Gasteiger partial charge >= 0.3 is 19.6 Å². The summed E-state index contributed by atoms with van der Waals surface area (Å²) in [7, 11) is -0.188. The van der Waals surface area contributed by atoms with E-state index in [1.165, 1.54) is 24.3 Å². The van der Waals surface area contributed by atoms with Crippen molar-refractivity contribution in [2.45, 2.75) is 93.7 Å². The molecule has 5 aromatic carbocycles. The predicted molar refractivity (Wildman–Crippen MR) is 280 cm³/mol. The zero-order chi connectivity index (χ0) is 51.4. The van der Waals surface area contributed by atoms with Crippen molar-refractivity contribution < 1.29 is 37.8 Å². The molecule has 0 fully saturated rings. The van der Waals surface area contributed by atoms with Crippen molar-refractivity contribution in [3.63, 3.8) is 0 Å². The van der Waals surface area contributed by atoms with E-state index in [4.69, 9.17) is 35.5 Å². The first kappa shape index (κ1) is 58.9. The molecular formula is C53H76N7O8P. The number of hydrogen-bond donors (Lipinski definition) is 6. The van der Waals surface area contributed by atoms with Crippen LogP contribution in [-0.4, -0.2) is 85.3 Å². The van der Waals surface area contributed by atoms with Crippen molar-refractivity contribution >= 4 is 37.2 Å². The Labute approximate surface area is 410 Å². The first-order valence-corrected chi connectivity index (χ1v) is 25.0. The van der Waals surface area contributed by atoms with Crippen LogP contribution in [0.15, 0.2) is 115 Å². The molecule has 0 aliphatic heterocycles. The number of rotatable bonds is 21. The number of aliphatic hydroxyl groups excluding tert-OH is 1. The third-order valence-electron chi connectivity index (χ3n) is 10.1. The Bertz CT molecular complexity index is 2320. The summed E-state index contributed by atoms with van der Waals surface area (Å²) in [4.78, 5) is 28.2. The number of nitrogens with two attached hydrogens (primary N) is 2. The van der Waals surface area contributed by atoms with E-state index in [9.17, 15) is 19.3 Å². The number of hydrazine groups is 1. The first-order chi connectivity index (χ1) is 33.0. The van der Waals surface area contributed by atoms with Crippen molar-refractivity contribution in [1.29, 1.82) is 5.41 Å². The van der Waals surface area contributed by atoms with Crippen molar-refractivity contribution in [2.24, 2.45) is 5.84 Å². The largest absolute Gasteiger partial charge is 0.497 e. The molecule has 0 bridgehead atoms. The molecule has 16 heteroatoms. The number of carbonyl (C=O) groups is 2. The van der Waals surface area contributed by atoms with Crippen LogP contribution in [0.1, 0.15) is 80.5 Å². The van der Waals surface area contributed by atoms with E-state index < -0.39 is 25.8 Å². The molecule has 0 saturated carbocycles. The number of benzene rings is 5. The van der Waals surface area contributed by atoms with Gasteiger partial charge in [0.05, 0.1) is 31.7 Å². The number of nitrogens with zero attached hydrogens (tertiary/aromatic N) is 2. The van der Waals surface area contributed by atoms with Gasteiger partial charge in [0, 0.05) is 57.2 Å². The van der Waals surface area contributed by atoms with Gasteiger partial charge in [-0.15, -0.1) is 0 Å². The van der Waals surface area contributed by atoms with Crippen molar-refractivity contribution in [3.8, 4) is 11.5 Å². The van der Waals surface area contributed by atoms with Crippen LogP contribution >= 0.6 is 7.60 Å². The second-order valence-corrected chi connectivity index (χ2v) is 17.9. The Morgan fingerprint density at radius 3 is 2.01 bits per heavy atom. The molecule has 0 aromatic heterocycles. The zero-order valence-electron chi connectivity index (χ0n) is 42.2. The summed E-state index contributed by atoms with van der Waals surface area (Å²) in [6, 6.07) is 36.0. The Kier molecular flexibility index (Phi) is 27.1. The Hall–Kier alpha value is -6.22. The van der Waals surface area contributed by atoms with Crippen LogP contribution in [0.2, 0.25) is 0 Å². The number of methoxy groups -OCH3 is 1. The van der Waals surface area contributed by atoms with Gasteiger partial charge in [0.1, 0.15) is 11.5 Å². The smallest absolute Gasteiger partial charge is 0.381 e. The average molecular weight is 970 g/mol. The Morgan fingerprint density at radius 1 is 0.841 bits per heavy atom. The molecule has 3 atom stereocenters. The fourth-order valence-electron chi connectivity index (χ4n) is 6.49. The van der Waals surface area contributed by atoms with Crippen LogP contribution < -0.4 is 31.6 Å². The minimum Gasteiger partial charge on any atom is -0.497 e. The summed E-state index contributed by atoms with van der Waals surface area (Å²) in [5.41, 5.74) is 16.9. The number of nitrogen functional groups attached to an aromatic ring is 2. The van der Waals surface area contributed by atoms with Crippen molar-refractivity contribution in [1.82, 2.24) is 15.1 Å². The molecule has 0 spiro atoms. The Balaban J connectivity index is 0.000000388. The van der Waals surface area contributed by atoms with Gasteiger partial charge in [-0.3, -0.25) is 10.4 Å². The van der Waals surface area contributed by atoms with Crippen LogP contribution in [0.5, 0.6) is 11.5 Å². The highest BCUT2D eigenvalue weighted by Crippen LogP contribution is 2.49. The van der Waals surface area contributed by atoms with E-state index in [2.05, 4.69) is 48.9 Å². The second kappa shape index (κ2) is 31.8. The van der Waals surface area contributed by atoms with Crippen LogP contribution in [0.4, 0.5) is 16.2 Å². The third-order valence-corrected chi connectivity index (χ3v) is 12.0. The molecule has 0 aliphatic rings. The van der Waals surface area contributed by atoms with Gasteiger partial charge in [-0.05, 0) is 111 Å². The molecule has 0 aliphatic carbocycles. The van der Waals surface area contributed by atoms with Crippen LogP contribution in [0.25, 0.3) is 0 Å². The summed E-state index contributed by atoms with van der Waals surface area (Å²) in [6.07, 6.45) is 0.691. The van der Waals surface area contributed by atoms with E-state index >= 15 is 0 Å². The van der Waals surface area contributed by atoms with Crippen LogP contribution in [0, 0.1) is 19.3 Å². The maximum Gasteiger partial charge on any atom is 0.381 e. The topological polar surface area (TPSA) is 215 Å². The van der Waals surface area contributed by atoms with Gasteiger partial charge in [0.25, 0.3) is 0 Å². The van der Waals surface area contributed by atoms with Gasteiger partial charge < -0.3 is 50.8 Å². The molecular weight excluding hydrogens is 894 g/mol. The molecule has 0 saturated heterocycles. The monoisotopic (exact) mass is 970 g/mol. The van der Waals surface area contributed by atoms with Crippen molar-refractivity contribution in [3.05, 3.63) is 154 Å². The number of hydrogen-bond acceptors (Lipinski definition) is 13. The van der Waals surface area contributed by atoms with Crippen LogP contribution in [0.3, 0.4) is 0 Å². The van der Waals surface area contributed by atoms with E-state index in [1.54, 1.807) is 74.2 Å². The van der Waals surface area contributed by atoms with Gasteiger partial charge in [-0.2, -0.15) is 0 Å². The molecule has 69 heavy (non-hydrogen) atoms. The lowest BCUT2D eigenvalue weighted by Gasteiger charge is -2.29. The summed E-state index contributed by atoms with van der Waals surface area (Å²) >= 11 is 0. The number of aliphatic hydroxyl groups is 1. The van der Waals surface area contributed by atoms with Crippen LogP contribution in [-0.2, 0) is 44.7 Å². The predicted octanol–water partition coefficient (Wildman–Crippen LogP) is 9.90. The summed E-state index contributed by atoms with van der Waals surface area (Å²) in [5, 5.41) is 20.6. The van der Waals surface area contributed by atoms with Crippen molar-refractivity contribution in [2.75, 3.05) is 51.2 Å². The number of para-hydroxylation sites is 1. The molecule has 2 amide bonds. The lowest BCUT2D eigenvalue weighted by Crippen LogP contribution is -2.43. The van der Waals surface area contributed by atoms with E-state index in [-0.39, 0.29) is 25.3 Å². The number of nitrogens with one attached hydrogen (secondary N) is 3. The number of aryl methyl sites for hydroxylation is 3. The van der Waals surface area contributed by atoms with Gasteiger partial charge in [-0.1, -0.05) is 99.1 Å².